The maximum absolute atomic E-state index is 12.6. The molecule has 0 saturated carbocycles. The average molecular weight is 297 g/mol. The van der Waals surface area contributed by atoms with Crippen LogP contribution in [0.5, 0.6) is 0 Å². The highest BCUT2D eigenvalue weighted by atomic mass is 35.5. The summed E-state index contributed by atoms with van der Waals surface area (Å²) >= 11 is 0. The molecule has 0 atom stereocenters. The molecule has 0 spiro atoms. The molecule has 1 aromatic rings. The van der Waals surface area contributed by atoms with Gasteiger partial charge in [-0.25, -0.2) is 0 Å². The van der Waals surface area contributed by atoms with E-state index in [-0.39, 0.29) is 24.9 Å². The highest BCUT2D eigenvalue weighted by Gasteiger charge is 2.46. The fourth-order valence-electron chi connectivity index (χ4n) is 2.96. The molecule has 5 heteroatoms. The second-order valence-electron chi connectivity index (χ2n) is 5.60. The van der Waals surface area contributed by atoms with E-state index in [4.69, 9.17) is 0 Å². The lowest BCUT2D eigenvalue weighted by atomic mass is 9.81. The first-order valence-electron chi connectivity index (χ1n) is 6.93. The summed E-state index contributed by atoms with van der Waals surface area (Å²) in [5.74, 6) is 0.113. The molecule has 2 N–H and O–H groups in total. The minimum Gasteiger partial charge on any atom is -0.395 e. The monoisotopic (exact) mass is 296 g/mol. The lowest BCUT2D eigenvalue weighted by molar-refractivity contribution is -0.148. The van der Waals surface area contributed by atoms with Crippen LogP contribution in [0, 0.1) is 5.41 Å². The SMILES string of the molecule is Cl.O=C(N1CCc2ccccc2CC1)C1(CO)CNC1. The third-order valence-corrected chi connectivity index (χ3v) is 4.39. The molecule has 1 amide bonds. The third kappa shape index (κ3) is 2.55. The van der Waals surface area contributed by atoms with E-state index in [1.807, 2.05) is 4.90 Å². The number of aliphatic hydroxyl groups is 1. The first-order chi connectivity index (χ1) is 9.25. The first-order valence-corrected chi connectivity index (χ1v) is 6.93. The van der Waals surface area contributed by atoms with E-state index in [1.165, 1.54) is 11.1 Å². The van der Waals surface area contributed by atoms with Crippen molar-refractivity contribution in [2.24, 2.45) is 5.41 Å². The summed E-state index contributed by atoms with van der Waals surface area (Å²) < 4.78 is 0. The second kappa shape index (κ2) is 6.12. The van der Waals surface area contributed by atoms with E-state index in [1.54, 1.807) is 0 Å². The van der Waals surface area contributed by atoms with Crippen LogP contribution < -0.4 is 5.32 Å². The van der Waals surface area contributed by atoms with Crippen LogP contribution in [-0.2, 0) is 17.6 Å². The van der Waals surface area contributed by atoms with Gasteiger partial charge >= 0.3 is 0 Å². The zero-order valence-electron chi connectivity index (χ0n) is 11.5. The Kier molecular flexibility index (Phi) is 4.68. The van der Waals surface area contributed by atoms with Gasteiger partial charge in [0.05, 0.1) is 12.0 Å². The van der Waals surface area contributed by atoms with Gasteiger partial charge in [-0.2, -0.15) is 0 Å². The summed E-state index contributed by atoms with van der Waals surface area (Å²) in [6.07, 6.45) is 1.83. The van der Waals surface area contributed by atoms with Crippen molar-refractivity contribution >= 4 is 18.3 Å². The van der Waals surface area contributed by atoms with E-state index in [0.29, 0.717) is 13.1 Å². The van der Waals surface area contributed by atoms with Crippen LogP contribution in [0.4, 0.5) is 0 Å². The van der Waals surface area contributed by atoms with Crippen molar-refractivity contribution in [1.82, 2.24) is 10.2 Å². The van der Waals surface area contributed by atoms with Crippen molar-refractivity contribution in [3.05, 3.63) is 35.4 Å². The number of benzene rings is 1. The Morgan fingerprint density at radius 2 is 1.75 bits per heavy atom. The zero-order chi connectivity index (χ0) is 13.3. The van der Waals surface area contributed by atoms with Gasteiger partial charge in [0.15, 0.2) is 0 Å². The number of rotatable bonds is 2. The Labute approximate surface area is 125 Å². The van der Waals surface area contributed by atoms with Gasteiger partial charge in [-0.1, -0.05) is 24.3 Å². The van der Waals surface area contributed by atoms with E-state index in [0.717, 1.165) is 25.9 Å². The molecule has 0 aromatic heterocycles. The summed E-state index contributed by atoms with van der Waals surface area (Å²) in [5.41, 5.74) is 2.14. The highest BCUT2D eigenvalue weighted by Crippen LogP contribution is 2.26. The van der Waals surface area contributed by atoms with E-state index in [9.17, 15) is 9.90 Å². The Balaban J connectivity index is 0.00000147. The van der Waals surface area contributed by atoms with Crippen molar-refractivity contribution < 1.29 is 9.90 Å². The number of nitrogens with one attached hydrogen (secondary N) is 1. The Hall–Kier alpha value is -1.10. The Morgan fingerprint density at radius 1 is 1.20 bits per heavy atom. The summed E-state index contributed by atoms with van der Waals surface area (Å²) in [6, 6.07) is 8.41. The minimum atomic E-state index is -0.559. The predicted octanol–water partition coefficient (Wildman–Crippen LogP) is 0.617. The number of aliphatic hydroxyl groups excluding tert-OH is 1. The molecule has 2 aliphatic rings. The van der Waals surface area contributed by atoms with Gasteiger partial charge in [-0.3, -0.25) is 4.79 Å². The normalized spacial score (nSPS) is 20.1. The predicted molar refractivity (Wildman–Crippen MR) is 80.1 cm³/mol. The van der Waals surface area contributed by atoms with Gasteiger partial charge in [0.1, 0.15) is 0 Å². The average Bonchev–Trinajstić information content (AvgIpc) is 2.60. The Bertz CT molecular complexity index is 456. The van der Waals surface area contributed by atoms with Gasteiger partial charge in [0.25, 0.3) is 0 Å². The number of carbonyl (C=O) groups is 1. The molecule has 2 aliphatic heterocycles. The zero-order valence-corrected chi connectivity index (χ0v) is 12.3. The van der Waals surface area contributed by atoms with Crippen LogP contribution in [0.2, 0.25) is 0 Å². The quantitative estimate of drug-likeness (QED) is 0.841. The molecule has 1 saturated heterocycles. The lowest BCUT2D eigenvalue weighted by Crippen LogP contribution is -2.64. The minimum absolute atomic E-state index is 0. The van der Waals surface area contributed by atoms with Gasteiger partial charge in [-0.15, -0.1) is 12.4 Å². The highest BCUT2D eigenvalue weighted by molar-refractivity contribution is 5.85. The first kappa shape index (κ1) is 15.3. The topological polar surface area (TPSA) is 52.6 Å². The molecule has 110 valence electrons. The summed E-state index contributed by atoms with van der Waals surface area (Å²) in [7, 11) is 0. The van der Waals surface area contributed by atoms with Crippen molar-refractivity contribution in [2.45, 2.75) is 12.8 Å². The number of amides is 1. The third-order valence-electron chi connectivity index (χ3n) is 4.39. The van der Waals surface area contributed by atoms with E-state index >= 15 is 0 Å². The van der Waals surface area contributed by atoms with Crippen molar-refractivity contribution in [2.75, 3.05) is 32.8 Å². The smallest absolute Gasteiger partial charge is 0.233 e. The molecule has 4 nitrogen and oxygen atoms in total. The van der Waals surface area contributed by atoms with Crippen molar-refractivity contribution in [1.29, 1.82) is 0 Å². The molecule has 1 aromatic carbocycles. The van der Waals surface area contributed by atoms with Crippen molar-refractivity contribution in [3.8, 4) is 0 Å². The van der Waals surface area contributed by atoms with Crippen LogP contribution in [0.15, 0.2) is 24.3 Å². The lowest BCUT2D eigenvalue weighted by Gasteiger charge is -2.42. The summed E-state index contributed by atoms with van der Waals surface area (Å²) in [6.45, 7) is 2.68. The number of hydrogen-bond donors (Lipinski definition) is 2. The Morgan fingerprint density at radius 3 is 2.15 bits per heavy atom. The van der Waals surface area contributed by atoms with Gasteiger partial charge in [0, 0.05) is 26.2 Å². The standard InChI is InChI=1S/C15H20N2O2.ClH/c18-11-15(9-16-10-15)14(19)17-7-5-12-3-1-2-4-13(12)6-8-17;/h1-4,16,18H,5-11H2;1H. The van der Waals surface area contributed by atoms with E-state index < -0.39 is 5.41 Å². The molecular formula is C15H21ClN2O2. The van der Waals surface area contributed by atoms with Crippen molar-refractivity contribution in [3.63, 3.8) is 0 Å². The van der Waals surface area contributed by atoms with Gasteiger partial charge in [0.2, 0.25) is 5.91 Å². The second-order valence-corrected chi connectivity index (χ2v) is 5.60. The molecule has 0 bridgehead atoms. The number of fused-ring (bicyclic) bond motifs is 1. The maximum atomic E-state index is 12.6. The summed E-state index contributed by atoms with van der Waals surface area (Å²) in [4.78, 5) is 14.5. The van der Waals surface area contributed by atoms with Crippen LogP contribution >= 0.6 is 12.4 Å². The molecule has 20 heavy (non-hydrogen) atoms. The van der Waals surface area contributed by atoms with Gasteiger partial charge < -0.3 is 15.3 Å². The number of halogens is 1. The summed E-state index contributed by atoms with van der Waals surface area (Å²) in [5, 5.41) is 12.6. The van der Waals surface area contributed by atoms with Crippen LogP contribution in [0.3, 0.4) is 0 Å². The van der Waals surface area contributed by atoms with Crippen LogP contribution in [0.25, 0.3) is 0 Å². The number of hydrogen-bond acceptors (Lipinski definition) is 3. The fraction of sp³-hybridized carbons (Fsp3) is 0.533. The molecular weight excluding hydrogens is 276 g/mol. The fourth-order valence-corrected chi connectivity index (χ4v) is 2.96. The molecule has 3 rings (SSSR count). The molecule has 2 heterocycles. The van der Waals surface area contributed by atoms with Gasteiger partial charge in [-0.05, 0) is 24.0 Å². The molecule has 0 radical (unpaired) electrons. The largest absolute Gasteiger partial charge is 0.395 e. The maximum Gasteiger partial charge on any atom is 0.233 e. The van der Waals surface area contributed by atoms with Crippen LogP contribution in [0.1, 0.15) is 11.1 Å². The molecule has 1 fully saturated rings. The van der Waals surface area contributed by atoms with E-state index in [2.05, 4.69) is 29.6 Å². The number of carbonyl (C=O) groups excluding carboxylic acids is 1. The van der Waals surface area contributed by atoms with Crippen LogP contribution in [-0.4, -0.2) is 48.7 Å². The molecule has 0 unspecified atom stereocenters. The molecule has 0 aliphatic carbocycles. The number of nitrogens with zero attached hydrogens (tertiary/aromatic N) is 1.